The van der Waals surface area contributed by atoms with E-state index in [1.54, 1.807) is 0 Å². The molecule has 0 saturated carbocycles. The molecule has 0 fully saturated rings. The Morgan fingerprint density at radius 1 is 1.89 bits per heavy atom. The lowest BCUT2D eigenvalue weighted by Gasteiger charge is -1.91. The third kappa shape index (κ3) is 1.65. The van der Waals surface area contributed by atoms with Crippen LogP contribution in [0.25, 0.3) is 0 Å². The van der Waals surface area contributed by atoms with Crippen LogP contribution in [0.2, 0.25) is 0 Å². The first-order valence-corrected chi connectivity index (χ1v) is 2.52. The average molecular weight is 144 g/mol. The molecule has 3 N–H and O–H groups in total. The Bertz CT molecular complexity index is 196. The molecule has 0 aliphatic heterocycles. The Morgan fingerprint density at radius 3 is 3.11 bits per heavy atom. The number of nitrogens with zero attached hydrogens (tertiary/aromatic N) is 2. The lowest BCUT2D eigenvalue weighted by Crippen LogP contribution is -2.19. The van der Waals surface area contributed by atoms with E-state index in [2.05, 4.69) is 32.2 Å². The second-order valence-electron chi connectivity index (χ2n) is 1.24. The Morgan fingerprint density at radius 2 is 2.67 bits per heavy atom. The largest absolute Gasteiger partial charge is 0.376 e. The zero-order valence-corrected chi connectivity index (χ0v) is 5.18. The summed E-state index contributed by atoms with van der Waals surface area (Å²) < 4.78 is 4.38. The SMILES string of the molecule is NC(=S)Nc1ncon1. The summed E-state index contributed by atoms with van der Waals surface area (Å²) in [6, 6.07) is 0. The van der Waals surface area contributed by atoms with Gasteiger partial charge in [-0.25, -0.2) is 0 Å². The van der Waals surface area contributed by atoms with Crippen LogP contribution in [-0.2, 0) is 0 Å². The molecule has 1 aromatic rings. The van der Waals surface area contributed by atoms with Gasteiger partial charge in [-0.1, -0.05) is 0 Å². The van der Waals surface area contributed by atoms with Crippen molar-refractivity contribution < 1.29 is 4.52 Å². The molecule has 5 nitrogen and oxygen atoms in total. The third-order valence-corrected chi connectivity index (χ3v) is 0.698. The molecule has 0 aliphatic carbocycles. The topological polar surface area (TPSA) is 77.0 Å². The lowest BCUT2D eigenvalue weighted by atomic mass is 10.9. The normalized spacial score (nSPS) is 8.89. The number of hydrogen-bond donors (Lipinski definition) is 2. The van der Waals surface area contributed by atoms with Gasteiger partial charge in [-0.05, 0) is 17.4 Å². The number of thiocarbonyl (C=S) groups is 1. The molecule has 0 unspecified atom stereocenters. The van der Waals surface area contributed by atoms with Crippen molar-refractivity contribution in [3.05, 3.63) is 6.39 Å². The van der Waals surface area contributed by atoms with Gasteiger partial charge in [-0.2, -0.15) is 4.98 Å². The summed E-state index contributed by atoms with van der Waals surface area (Å²) in [4.78, 5) is 3.60. The summed E-state index contributed by atoms with van der Waals surface area (Å²) >= 11 is 4.49. The van der Waals surface area contributed by atoms with Gasteiger partial charge in [0.15, 0.2) is 5.11 Å². The van der Waals surface area contributed by atoms with E-state index in [0.717, 1.165) is 0 Å². The summed E-state index contributed by atoms with van der Waals surface area (Å²) in [5.41, 5.74) is 5.08. The first-order chi connectivity index (χ1) is 4.29. The van der Waals surface area contributed by atoms with Crippen molar-refractivity contribution in [2.75, 3.05) is 5.32 Å². The van der Waals surface area contributed by atoms with Gasteiger partial charge >= 0.3 is 0 Å². The quantitative estimate of drug-likeness (QED) is 0.528. The molecule has 48 valence electrons. The first kappa shape index (κ1) is 5.96. The van der Waals surface area contributed by atoms with Crippen molar-refractivity contribution in [3.63, 3.8) is 0 Å². The van der Waals surface area contributed by atoms with Crippen LogP contribution in [0.4, 0.5) is 5.95 Å². The van der Waals surface area contributed by atoms with Crippen LogP contribution in [0.1, 0.15) is 0 Å². The van der Waals surface area contributed by atoms with Gasteiger partial charge < -0.3 is 10.3 Å². The zero-order valence-electron chi connectivity index (χ0n) is 4.37. The van der Waals surface area contributed by atoms with Crippen LogP contribution in [0.15, 0.2) is 10.9 Å². The van der Waals surface area contributed by atoms with E-state index < -0.39 is 0 Å². The number of anilines is 1. The number of nitrogens with two attached hydrogens (primary N) is 1. The van der Waals surface area contributed by atoms with Crippen LogP contribution in [0, 0.1) is 0 Å². The second-order valence-corrected chi connectivity index (χ2v) is 1.68. The summed E-state index contributed by atoms with van der Waals surface area (Å²) in [5.74, 6) is 0.280. The number of rotatable bonds is 1. The fourth-order valence-corrected chi connectivity index (χ4v) is 0.427. The predicted octanol–water partition coefficient (Wildman–Crippen LogP) is -0.275. The van der Waals surface area contributed by atoms with E-state index in [4.69, 9.17) is 5.73 Å². The summed E-state index contributed by atoms with van der Waals surface area (Å²) in [6.07, 6.45) is 1.18. The smallest absolute Gasteiger partial charge is 0.269 e. The Labute approximate surface area is 56.2 Å². The van der Waals surface area contributed by atoms with Gasteiger partial charge in [0, 0.05) is 0 Å². The Balaban J connectivity index is 2.58. The van der Waals surface area contributed by atoms with E-state index in [1.807, 2.05) is 0 Å². The van der Waals surface area contributed by atoms with E-state index in [9.17, 15) is 0 Å². The minimum Gasteiger partial charge on any atom is -0.376 e. The second kappa shape index (κ2) is 2.40. The van der Waals surface area contributed by atoms with Crippen molar-refractivity contribution in [1.29, 1.82) is 0 Å². The highest BCUT2D eigenvalue weighted by Gasteiger charge is 1.94. The highest BCUT2D eigenvalue weighted by atomic mass is 32.1. The molecule has 0 atom stereocenters. The fraction of sp³-hybridized carbons (Fsp3) is 0. The number of hydrogen-bond acceptors (Lipinski definition) is 4. The minimum absolute atomic E-state index is 0.122. The Kier molecular flexibility index (Phi) is 1.59. The van der Waals surface area contributed by atoms with Crippen LogP contribution >= 0.6 is 12.2 Å². The van der Waals surface area contributed by atoms with Crippen LogP contribution in [0.5, 0.6) is 0 Å². The zero-order chi connectivity index (χ0) is 6.69. The maximum atomic E-state index is 5.08. The van der Waals surface area contributed by atoms with E-state index in [0.29, 0.717) is 0 Å². The average Bonchev–Trinajstić information content (AvgIpc) is 2.15. The van der Waals surface area contributed by atoms with Gasteiger partial charge in [0.25, 0.3) is 5.95 Å². The molecule has 1 rings (SSSR count). The molecular formula is C3H4N4OS. The molecule has 0 radical (unpaired) electrons. The molecule has 0 spiro atoms. The molecule has 0 bridgehead atoms. The van der Waals surface area contributed by atoms with Crippen molar-refractivity contribution >= 4 is 23.3 Å². The van der Waals surface area contributed by atoms with Gasteiger partial charge in [0.05, 0.1) is 0 Å². The predicted molar refractivity (Wildman–Crippen MR) is 34.7 cm³/mol. The maximum Gasteiger partial charge on any atom is 0.269 e. The van der Waals surface area contributed by atoms with E-state index >= 15 is 0 Å². The van der Waals surface area contributed by atoms with Gasteiger partial charge in [0.2, 0.25) is 6.39 Å². The van der Waals surface area contributed by atoms with E-state index in [1.165, 1.54) is 6.39 Å². The Hall–Kier alpha value is -1.17. The molecular weight excluding hydrogens is 140 g/mol. The minimum atomic E-state index is 0.122. The highest BCUT2D eigenvalue weighted by Crippen LogP contribution is 1.92. The van der Waals surface area contributed by atoms with Crippen molar-refractivity contribution in [3.8, 4) is 0 Å². The first-order valence-electron chi connectivity index (χ1n) is 2.12. The molecule has 0 saturated heterocycles. The van der Waals surface area contributed by atoms with Crippen molar-refractivity contribution in [2.24, 2.45) is 5.73 Å². The molecule has 9 heavy (non-hydrogen) atoms. The summed E-state index contributed by atoms with van der Waals surface area (Å²) in [6.45, 7) is 0. The monoisotopic (exact) mass is 144 g/mol. The van der Waals surface area contributed by atoms with Crippen molar-refractivity contribution in [1.82, 2.24) is 10.1 Å². The molecule has 1 heterocycles. The highest BCUT2D eigenvalue weighted by molar-refractivity contribution is 7.80. The number of aromatic nitrogens is 2. The number of nitrogens with one attached hydrogen (secondary N) is 1. The molecule has 1 aromatic heterocycles. The van der Waals surface area contributed by atoms with Gasteiger partial charge in [0.1, 0.15) is 0 Å². The standard InChI is InChI=1S/C3H4N4OS/c4-2(9)6-3-5-1-8-7-3/h1H,(H3,4,6,7,9). The summed E-state index contributed by atoms with van der Waals surface area (Å²) in [7, 11) is 0. The molecule has 0 amide bonds. The van der Waals surface area contributed by atoms with Crippen LogP contribution in [-0.4, -0.2) is 15.3 Å². The lowest BCUT2D eigenvalue weighted by molar-refractivity contribution is 0.419. The van der Waals surface area contributed by atoms with Crippen LogP contribution in [0.3, 0.4) is 0 Å². The maximum absolute atomic E-state index is 5.08. The van der Waals surface area contributed by atoms with Gasteiger partial charge in [-0.3, -0.25) is 5.32 Å². The summed E-state index contributed by atoms with van der Waals surface area (Å²) in [5, 5.41) is 5.99. The molecule has 0 aliphatic rings. The molecule has 0 aromatic carbocycles. The van der Waals surface area contributed by atoms with Crippen LogP contribution < -0.4 is 11.1 Å². The third-order valence-electron chi connectivity index (χ3n) is 0.596. The van der Waals surface area contributed by atoms with Gasteiger partial charge in [-0.15, -0.1) is 0 Å². The fourth-order valence-electron chi connectivity index (χ4n) is 0.336. The molecule has 6 heteroatoms. The van der Waals surface area contributed by atoms with Crippen molar-refractivity contribution in [2.45, 2.75) is 0 Å². The van der Waals surface area contributed by atoms with E-state index in [-0.39, 0.29) is 11.1 Å².